The molecule has 1 fully saturated rings. The van der Waals surface area contributed by atoms with Gasteiger partial charge in [0.05, 0.1) is 24.7 Å². The number of rotatable bonds is 7. The molecular formula is C23H25F2N5O2. The van der Waals surface area contributed by atoms with Gasteiger partial charge in [-0.2, -0.15) is 5.26 Å². The molecule has 0 saturated carbocycles. The molecule has 3 rings (SSSR count). The first-order chi connectivity index (χ1) is 15.4. The average Bonchev–Trinajstić information content (AvgIpc) is 3.00. The maximum atomic E-state index is 13.2. The van der Waals surface area contributed by atoms with Gasteiger partial charge < -0.3 is 10.6 Å². The van der Waals surface area contributed by atoms with Crippen molar-refractivity contribution < 1.29 is 18.4 Å². The van der Waals surface area contributed by atoms with Crippen LogP contribution in [-0.2, 0) is 16.1 Å². The minimum atomic E-state index is -1.05. The molecule has 2 amide bonds. The second-order valence-corrected chi connectivity index (χ2v) is 7.67. The highest BCUT2D eigenvalue weighted by Gasteiger charge is 2.18. The summed E-state index contributed by atoms with van der Waals surface area (Å²) in [6.45, 7) is 3.94. The monoisotopic (exact) mass is 441 g/mol. The summed E-state index contributed by atoms with van der Waals surface area (Å²) < 4.78 is 26.1. The molecule has 9 heteroatoms. The second-order valence-electron chi connectivity index (χ2n) is 7.67. The Labute approximate surface area is 185 Å². The van der Waals surface area contributed by atoms with Crippen LogP contribution in [0.1, 0.15) is 17.5 Å². The number of carbonyl (C=O) groups is 2. The molecule has 0 aromatic heterocycles. The Morgan fingerprint density at radius 1 is 0.938 bits per heavy atom. The number of hydrogen-bond acceptors (Lipinski definition) is 5. The summed E-state index contributed by atoms with van der Waals surface area (Å²) in [7, 11) is 0. The molecule has 2 aromatic rings. The lowest BCUT2D eigenvalue weighted by Crippen LogP contribution is -2.41. The standard InChI is InChI=1S/C23H25F2N5O2/c24-20-7-6-19(12-21(20)25)28-22(31)14-27-23(32)16-30-9-1-8-29(10-11-30)15-18-4-2-17(13-26)3-5-18/h2-7,12H,1,8-11,14-16H2,(H,27,32)(H,28,31). The molecule has 0 radical (unpaired) electrons. The summed E-state index contributed by atoms with van der Waals surface area (Å²) >= 11 is 0. The number of nitrogens with zero attached hydrogens (tertiary/aromatic N) is 3. The van der Waals surface area contributed by atoms with Crippen LogP contribution in [-0.4, -0.2) is 60.9 Å². The van der Waals surface area contributed by atoms with Crippen LogP contribution in [0.3, 0.4) is 0 Å². The molecule has 1 aliphatic rings. The Hall–Kier alpha value is -3.35. The number of halogens is 2. The first-order valence-corrected chi connectivity index (χ1v) is 10.4. The fourth-order valence-electron chi connectivity index (χ4n) is 3.50. The van der Waals surface area contributed by atoms with E-state index < -0.39 is 17.5 Å². The van der Waals surface area contributed by atoms with Crippen molar-refractivity contribution in [2.45, 2.75) is 13.0 Å². The topological polar surface area (TPSA) is 88.5 Å². The van der Waals surface area contributed by atoms with Crippen molar-refractivity contribution in [2.75, 3.05) is 44.6 Å². The van der Waals surface area contributed by atoms with Crippen molar-refractivity contribution in [1.29, 1.82) is 5.26 Å². The van der Waals surface area contributed by atoms with Crippen molar-refractivity contribution in [1.82, 2.24) is 15.1 Å². The van der Waals surface area contributed by atoms with Gasteiger partial charge in [0.1, 0.15) is 0 Å². The lowest BCUT2D eigenvalue weighted by atomic mass is 10.1. The van der Waals surface area contributed by atoms with Crippen LogP contribution >= 0.6 is 0 Å². The van der Waals surface area contributed by atoms with E-state index in [-0.39, 0.29) is 24.7 Å². The van der Waals surface area contributed by atoms with E-state index in [1.54, 1.807) is 0 Å². The van der Waals surface area contributed by atoms with E-state index >= 15 is 0 Å². The molecular weight excluding hydrogens is 416 g/mol. The van der Waals surface area contributed by atoms with Gasteiger partial charge in [0.15, 0.2) is 11.6 Å². The number of anilines is 1. The maximum Gasteiger partial charge on any atom is 0.243 e. The summed E-state index contributed by atoms with van der Waals surface area (Å²) in [6.07, 6.45) is 0.917. The summed E-state index contributed by atoms with van der Waals surface area (Å²) in [5, 5.41) is 13.9. The number of benzene rings is 2. The van der Waals surface area contributed by atoms with Crippen LogP contribution < -0.4 is 10.6 Å². The van der Waals surface area contributed by atoms with Crippen LogP contribution in [0, 0.1) is 23.0 Å². The largest absolute Gasteiger partial charge is 0.346 e. The highest BCUT2D eigenvalue weighted by Crippen LogP contribution is 2.13. The number of hydrogen-bond donors (Lipinski definition) is 2. The molecule has 0 unspecified atom stereocenters. The van der Waals surface area contributed by atoms with Crippen molar-refractivity contribution in [3.63, 3.8) is 0 Å². The van der Waals surface area contributed by atoms with Gasteiger partial charge in [-0.1, -0.05) is 12.1 Å². The number of nitriles is 1. The van der Waals surface area contributed by atoms with Gasteiger partial charge in [0, 0.05) is 31.4 Å². The Bertz CT molecular complexity index is 991. The minimum Gasteiger partial charge on any atom is -0.346 e. The second kappa shape index (κ2) is 11.3. The molecule has 32 heavy (non-hydrogen) atoms. The van der Waals surface area contributed by atoms with Gasteiger partial charge in [0.2, 0.25) is 11.8 Å². The summed E-state index contributed by atoms with van der Waals surface area (Å²) in [5.74, 6) is -2.84. The predicted molar refractivity (Wildman–Crippen MR) is 115 cm³/mol. The van der Waals surface area contributed by atoms with Crippen LogP contribution in [0.2, 0.25) is 0 Å². The number of carbonyl (C=O) groups excluding carboxylic acids is 2. The van der Waals surface area contributed by atoms with Gasteiger partial charge in [-0.25, -0.2) is 8.78 Å². The van der Waals surface area contributed by atoms with Gasteiger partial charge in [0.25, 0.3) is 0 Å². The zero-order valence-electron chi connectivity index (χ0n) is 17.6. The molecule has 0 spiro atoms. The Morgan fingerprint density at radius 2 is 1.66 bits per heavy atom. The highest BCUT2D eigenvalue weighted by molar-refractivity contribution is 5.94. The normalized spacial score (nSPS) is 14.9. The molecule has 1 heterocycles. The fourth-order valence-corrected chi connectivity index (χ4v) is 3.50. The zero-order chi connectivity index (χ0) is 22.9. The van der Waals surface area contributed by atoms with Crippen LogP contribution in [0.25, 0.3) is 0 Å². The Morgan fingerprint density at radius 3 is 2.38 bits per heavy atom. The lowest BCUT2D eigenvalue weighted by Gasteiger charge is -2.21. The molecule has 168 valence electrons. The van der Waals surface area contributed by atoms with Crippen molar-refractivity contribution in [2.24, 2.45) is 0 Å². The van der Waals surface area contributed by atoms with Crippen LogP contribution in [0.4, 0.5) is 14.5 Å². The third kappa shape index (κ3) is 7.11. The van der Waals surface area contributed by atoms with Gasteiger partial charge in [-0.15, -0.1) is 0 Å². The van der Waals surface area contributed by atoms with Crippen molar-refractivity contribution in [3.8, 4) is 6.07 Å². The summed E-state index contributed by atoms with van der Waals surface area (Å²) in [5.41, 5.74) is 1.90. The van der Waals surface area contributed by atoms with Gasteiger partial charge in [-0.3, -0.25) is 19.4 Å². The van der Waals surface area contributed by atoms with E-state index in [0.29, 0.717) is 5.56 Å². The molecule has 0 aliphatic carbocycles. The number of nitrogens with one attached hydrogen (secondary N) is 2. The van der Waals surface area contributed by atoms with E-state index in [9.17, 15) is 18.4 Å². The Kier molecular flexibility index (Phi) is 8.25. The van der Waals surface area contributed by atoms with Crippen LogP contribution in [0.15, 0.2) is 42.5 Å². The van der Waals surface area contributed by atoms with E-state index in [1.165, 1.54) is 6.07 Å². The number of amides is 2. The molecule has 0 bridgehead atoms. The van der Waals surface area contributed by atoms with Gasteiger partial charge in [-0.05, 0) is 49.3 Å². The predicted octanol–water partition coefficient (Wildman–Crippen LogP) is 2.10. The van der Waals surface area contributed by atoms with E-state index in [1.807, 2.05) is 29.2 Å². The molecule has 1 aliphatic heterocycles. The quantitative estimate of drug-likeness (QED) is 0.687. The van der Waals surface area contributed by atoms with Crippen LogP contribution in [0.5, 0.6) is 0 Å². The molecule has 1 saturated heterocycles. The smallest absolute Gasteiger partial charge is 0.243 e. The molecule has 2 aromatic carbocycles. The third-order valence-corrected chi connectivity index (χ3v) is 5.19. The van der Waals surface area contributed by atoms with E-state index in [0.717, 1.165) is 56.8 Å². The third-order valence-electron chi connectivity index (χ3n) is 5.19. The zero-order valence-corrected chi connectivity index (χ0v) is 17.6. The SMILES string of the molecule is N#Cc1ccc(CN2CCCN(CC(=O)NCC(=O)Nc3ccc(F)c(F)c3)CC2)cc1. The maximum absolute atomic E-state index is 13.2. The first kappa shape index (κ1) is 23.3. The molecule has 2 N–H and O–H groups in total. The summed E-state index contributed by atoms with van der Waals surface area (Å²) in [6, 6.07) is 12.7. The van der Waals surface area contributed by atoms with Gasteiger partial charge >= 0.3 is 0 Å². The average molecular weight is 441 g/mol. The van der Waals surface area contributed by atoms with E-state index in [4.69, 9.17) is 5.26 Å². The Balaban J connectivity index is 1.39. The summed E-state index contributed by atoms with van der Waals surface area (Å²) in [4.78, 5) is 28.5. The first-order valence-electron chi connectivity index (χ1n) is 10.4. The molecule has 0 atom stereocenters. The fraction of sp³-hybridized carbons (Fsp3) is 0.348. The minimum absolute atomic E-state index is 0.123. The molecule has 7 nitrogen and oxygen atoms in total. The van der Waals surface area contributed by atoms with E-state index in [2.05, 4.69) is 21.6 Å². The lowest BCUT2D eigenvalue weighted by molar-refractivity contribution is -0.125. The van der Waals surface area contributed by atoms with Crippen molar-refractivity contribution >= 4 is 17.5 Å². The highest BCUT2D eigenvalue weighted by atomic mass is 19.2. The van der Waals surface area contributed by atoms with Crippen molar-refractivity contribution in [3.05, 3.63) is 65.2 Å².